The second-order valence-corrected chi connectivity index (χ2v) is 24.0. The van der Waals surface area contributed by atoms with Crippen LogP contribution in [0.2, 0.25) is 0 Å². The second-order valence-electron chi connectivity index (χ2n) is 24.0. The predicted octanol–water partition coefficient (Wildman–Crippen LogP) is 5.59. The van der Waals surface area contributed by atoms with Gasteiger partial charge in [0.25, 0.3) is 0 Å². The Balaban J connectivity index is 0.000000457. The van der Waals surface area contributed by atoms with Gasteiger partial charge in [-0.2, -0.15) is 0 Å². The number of hydrogen-bond donors (Lipinski definition) is 3. The molecule has 0 aliphatic carbocycles. The molecule has 6 aliphatic rings. The summed E-state index contributed by atoms with van der Waals surface area (Å²) >= 11 is 0. The minimum atomic E-state index is 0.0772. The van der Waals surface area contributed by atoms with E-state index in [-0.39, 0.29) is 29.7 Å². The quantitative estimate of drug-likeness (QED) is 0.172. The van der Waals surface area contributed by atoms with Crippen molar-refractivity contribution < 1.29 is 24.0 Å². The van der Waals surface area contributed by atoms with E-state index in [1.807, 2.05) is 28.5 Å². The lowest BCUT2D eigenvalue weighted by atomic mass is 9.93. The first-order chi connectivity index (χ1) is 35.5. The molecule has 6 heterocycles. The van der Waals surface area contributed by atoms with Crippen molar-refractivity contribution in [1.82, 2.24) is 54.3 Å². The maximum atomic E-state index is 11.7. The van der Waals surface area contributed by atoms with Gasteiger partial charge in [0.2, 0.25) is 5.91 Å². The number of nitrogens with two attached hydrogens (primary N) is 1. The van der Waals surface area contributed by atoms with Gasteiger partial charge in [-0.1, -0.05) is 0 Å². The molecule has 18 heteroatoms. The van der Waals surface area contributed by atoms with E-state index in [2.05, 4.69) is 123 Å². The van der Waals surface area contributed by atoms with Crippen LogP contribution in [0, 0.1) is 17.2 Å². The van der Waals surface area contributed by atoms with Gasteiger partial charge in [0, 0.05) is 166 Å². The lowest BCUT2D eigenvalue weighted by Crippen LogP contribution is -2.54. The van der Waals surface area contributed by atoms with Crippen molar-refractivity contribution in [3.05, 3.63) is 0 Å². The number of guanidine groups is 1. The van der Waals surface area contributed by atoms with Gasteiger partial charge in [0.1, 0.15) is 17.3 Å². The van der Waals surface area contributed by atoms with Crippen molar-refractivity contribution in [2.24, 2.45) is 17.6 Å². The van der Waals surface area contributed by atoms with Crippen molar-refractivity contribution in [3.8, 4) is 0 Å². The highest BCUT2D eigenvalue weighted by atomic mass is 16.2. The zero-order valence-electron chi connectivity index (χ0n) is 52.0. The smallest absolute Gasteiger partial charge is 0.317 e. The Labute approximate surface area is 465 Å². The van der Waals surface area contributed by atoms with Crippen LogP contribution in [0.3, 0.4) is 0 Å². The number of urea groups is 1. The van der Waals surface area contributed by atoms with Gasteiger partial charge in [-0.05, 0) is 170 Å². The van der Waals surface area contributed by atoms with Crippen LogP contribution in [0.15, 0.2) is 0 Å². The van der Waals surface area contributed by atoms with Crippen LogP contribution in [0.4, 0.5) is 4.79 Å². The van der Waals surface area contributed by atoms with Gasteiger partial charge in [-0.25, -0.2) is 4.79 Å². The third-order valence-corrected chi connectivity index (χ3v) is 15.9. The lowest BCUT2D eigenvalue weighted by molar-refractivity contribution is -0.130. The highest BCUT2D eigenvalue weighted by Crippen LogP contribution is 2.20. The van der Waals surface area contributed by atoms with Gasteiger partial charge in [0.15, 0.2) is 5.96 Å². The molecule has 0 aromatic heterocycles. The highest BCUT2D eigenvalue weighted by Gasteiger charge is 2.26. The first kappa shape index (κ1) is 70.8. The molecule has 0 atom stereocenters. The molecule has 0 saturated carbocycles. The summed E-state index contributed by atoms with van der Waals surface area (Å²) in [5, 5.41) is 10.2. The maximum absolute atomic E-state index is 11.7. The fourth-order valence-corrected chi connectivity index (χ4v) is 10.2. The Morgan fingerprint density at radius 2 is 0.671 bits per heavy atom. The Morgan fingerprint density at radius 3 is 0.908 bits per heavy atom. The predicted molar refractivity (Wildman–Crippen MR) is 315 cm³/mol. The number of piperazine rings is 4. The standard InChI is InChI=1S/C11H23N3O.C10H20N2O.2C10H19NO.C9H18N2O.C8H18N4/c1-9(2)12-11(15)14-7-5-13(6-8-14)10(3)4;1-9(2)12-6-4-11(5-7-12)8-10(3)13;2*1-8(2)11-6-4-10(5-7-11)9(3)12;1-8(2)10-4-6-11(7-5-10)9(3)12;1-7(2)11-3-5-12(6-4-11)8(9)10/h9-10H,5-8H2,1-4H3,(H,12,15);9H,4-8H2,1-3H3;2*8,10H,4-7H2,1-3H3;8H,4-7H2,1-3H3;7H,3-6H2,1-2H3,(H3,9,10). The summed E-state index contributed by atoms with van der Waals surface area (Å²) in [6, 6.07) is 4.02. The first-order valence-electron chi connectivity index (χ1n) is 29.6. The van der Waals surface area contributed by atoms with Gasteiger partial charge in [-0.3, -0.25) is 49.1 Å². The van der Waals surface area contributed by atoms with Gasteiger partial charge in [0.05, 0.1) is 6.54 Å². The topological polar surface area (TPSA) is 180 Å². The number of carbonyl (C=O) groups is 5. The van der Waals surface area contributed by atoms with Gasteiger partial charge >= 0.3 is 6.03 Å². The Morgan fingerprint density at radius 1 is 0.408 bits per heavy atom. The molecule has 6 saturated heterocycles. The van der Waals surface area contributed by atoms with Crippen LogP contribution in [0.25, 0.3) is 0 Å². The maximum Gasteiger partial charge on any atom is 0.317 e. The van der Waals surface area contributed by atoms with Crippen LogP contribution in [-0.2, 0) is 19.2 Å². The minimum absolute atomic E-state index is 0.0772. The first-order valence-corrected chi connectivity index (χ1v) is 29.6. The molecule has 6 rings (SSSR count). The number of hydrogen-bond acceptors (Lipinski definition) is 13. The summed E-state index contributed by atoms with van der Waals surface area (Å²) in [4.78, 5) is 78.2. The molecule has 18 nitrogen and oxygen atoms in total. The van der Waals surface area contributed by atoms with Crippen LogP contribution in [0.1, 0.15) is 150 Å². The molecule has 6 fully saturated rings. The molecule has 76 heavy (non-hydrogen) atoms. The van der Waals surface area contributed by atoms with Crippen LogP contribution in [-0.4, -0.2) is 264 Å². The van der Waals surface area contributed by atoms with Crippen LogP contribution >= 0.6 is 0 Å². The van der Waals surface area contributed by atoms with E-state index >= 15 is 0 Å². The summed E-state index contributed by atoms with van der Waals surface area (Å²) in [6.07, 6.45) is 4.25. The summed E-state index contributed by atoms with van der Waals surface area (Å²) in [5.41, 5.74) is 5.38. The largest absolute Gasteiger partial charge is 0.370 e. The molecule has 0 bridgehead atoms. The second kappa shape index (κ2) is 37.6. The van der Waals surface area contributed by atoms with Crippen molar-refractivity contribution in [1.29, 1.82) is 5.41 Å². The summed E-state index contributed by atoms with van der Waals surface area (Å²) in [6.45, 7) is 57.9. The summed E-state index contributed by atoms with van der Waals surface area (Å²) in [7, 11) is 0. The molecule has 0 spiro atoms. The Kier molecular flexibility index (Phi) is 35.0. The number of rotatable bonds is 11. The van der Waals surface area contributed by atoms with Crippen molar-refractivity contribution in [2.75, 3.05) is 137 Å². The number of nitrogens with zero attached hydrogens (tertiary/aromatic N) is 10. The Hall–Kier alpha value is -3.26. The molecule has 444 valence electrons. The van der Waals surface area contributed by atoms with Crippen molar-refractivity contribution >= 4 is 35.2 Å². The molecular weight excluding hydrogens is 959 g/mol. The SMILES string of the molecule is CC(=O)C1CCN(C(C)C)CC1.CC(=O)C1CCN(C(C)C)CC1.CC(=O)CN1CCN(C(C)C)CC1.CC(=O)N1CCN(C(C)C)CC1.CC(C)N1CCN(C(=N)N)CC1.CC(C)NC(=O)N1CCN(C(C)C)CC1. The fraction of sp³-hybridized carbons (Fsp3) is 0.897. The number of ketones is 3. The third kappa shape index (κ3) is 29.1. The average Bonchev–Trinajstić information content (AvgIpc) is 3.37. The molecule has 3 amide bonds. The number of piperidine rings is 2. The highest BCUT2D eigenvalue weighted by molar-refractivity contribution is 5.79. The van der Waals surface area contributed by atoms with E-state index in [1.54, 1.807) is 27.7 Å². The van der Waals surface area contributed by atoms with Crippen molar-refractivity contribution in [2.45, 2.75) is 193 Å². The van der Waals surface area contributed by atoms with Gasteiger partial charge < -0.3 is 35.6 Å². The third-order valence-electron chi connectivity index (χ3n) is 15.9. The van der Waals surface area contributed by atoms with E-state index in [1.165, 1.54) is 0 Å². The zero-order chi connectivity index (χ0) is 57.8. The number of Topliss-reactive ketones (excluding diaryl/α,β-unsaturated/α-hetero) is 3. The lowest BCUT2D eigenvalue weighted by Gasteiger charge is -2.37. The monoisotopic (exact) mass is 1080 g/mol. The molecule has 0 aromatic rings. The molecule has 0 radical (unpaired) electrons. The molecule has 0 aromatic carbocycles. The van der Waals surface area contributed by atoms with E-state index in [0.717, 1.165) is 157 Å². The number of likely N-dealkylation sites (tertiary alicyclic amines) is 2. The van der Waals surface area contributed by atoms with Gasteiger partial charge in [-0.15, -0.1) is 0 Å². The summed E-state index contributed by atoms with van der Waals surface area (Å²) < 4.78 is 0. The normalized spacial score (nSPS) is 20.5. The Bertz CT molecular complexity index is 1480. The molecule has 4 N–H and O–H groups in total. The number of carbonyl (C=O) groups excluding carboxylic acids is 5. The van der Waals surface area contributed by atoms with E-state index in [4.69, 9.17) is 11.1 Å². The number of amides is 3. The fourth-order valence-electron chi connectivity index (χ4n) is 10.2. The number of nitrogens with one attached hydrogen (secondary N) is 2. The van der Waals surface area contributed by atoms with E-state index in [9.17, 15) is 24.0 Å². The summed E-state index contributed by atoms with van der Waals surface area (Å²) in [5.74, 6) is 2.13. The van der Waals surface area contributed by atoms with Crippen LogP contribution < -0.4 is 11.1 Å². The molecule has 0 unspecified atom stereocenters. The van der Waals surface area contributed by atoms with E-state index < -0.39 is 0 Å². The minimum Gasteiger partial charge on any atom is -0.370 e. The average molecular weight is 1080 g/mol. The molecule has 6 aliphatic heterocycles. The van der Waals surface area contributed by atoms with Crippen molar-refractivity contribution in [3.63, 3.8) is 0 Å². The molecular formula is C58H117N13O5. The van der Waals surface area contributed by atoms with E-state index in [0.29, 0.717) is 66.2 Å². The zero-order valence-corrected chi connectivity index (χ0v) is 52.0. The van der Waals surface area contributed by atoms with Crippen LogP contribution in [0.5, 0.6) is 0 Å².